The van der Waals surface area contributed by atoms with E-state index in [-0.39, 0.29) is 40.3 Å². The number of carbonyl (C=O) groups is 3. The highest BCUT2D eigenvalue weighted by Gasteiger charge is 2.38. The molecule has 29 heavy (non-hydrogen) atoms. The van der Waals surface area contributed by atoms with Crippen molar-refractivity contribution in [2.24, 2.45) is 0 Å². The Kier molecular flexibility index (Phi) is 5.36. The maximum absolute atomic E-state index is 13.1. The van der Waals surface area contributed by atoms with Crippen molar-refractivity contribution in [1.82, 2.24) is 5.32 Å². The molecule has 0 amide bonds. The quantitative estimate of drug-likeness (QED) is 0.466. The lowest BCUT2D eigenvalue weighted by Gasteiger charge is -2.21. The number of ether oxygens (including phenoxy) is 2. The molecule has 1 aliphatic rings. The standard InChI is InChI=1S/C21H20N2O6/c1-11-17-16(24)9-15(22-10-13-5-7-14(28-3)8-6-13)20(25)19(17)18(21(26)29-4)12(2)23(11)27/h5-9,22H,10H2,1-4H3. The second-order valence-corrected chi connectivity index (χ2v) is 6.53. The maximum atomic E-state index is 13.1. The monoisotopic (exact) mass is 396 g/mol. The van der Waals surface area contributed by atoms with E-state index < -0.39 is 17.5 Å². The number of ketones is 2. The lowest BCUT2D eigenvalue weighted by Crippen LogP contribution is -2.42. The highest BCUT2D eigenvalue weighted by molar-refractivity contribution is 6.27. The maximum Gasteiger partial charge on any atom is 0.345 e. The van der Waals surface area contributed by atoms with Crippen LogP contribution in [0.3, 0.4) is 0 Å². The van der Waals surface area contributed by atoms with Gasteiger partial charge in [0.1, 0.15) is 16.9 Å². The minimum absolute atomic E-state index is 0.00524. The molecule has 0 radical (unpaired) electrons. The van der Waals surface area contributed by atoms with Gasteiger partial charge in [-0.05, 0) is 17.7 Å². The van der Waals surface area contributed by atoms with Gasteiger partial charge in [-0.25, -0.2) is 4.79 Å². The lowest BCUT2D eigenvalue weighted by molar-refractivity contribution is -0.619. The lowest BCUT2D eigenvalue weighted by atomic mass is 9.87. The number of rotatable bonds is 5. The van der Waals surface area contributed by atoms with E-state index in [0.717, 1.165) is 18.7 Å². The van der Waals surface area contributed by atoms with Gasteiger partial charge in [-0.15, -0.1) is 0 Å². The van der Waals surface area contributed by atoms with Crippen molar-refractivity contribution < 1.29 is 28.6 Å². The average molecular weight is 396 g/mol. The Balaban J connectivity index is 2.00. The molecular weight excluding hydrogens is 376 g/mol. The van der Waals surface area contributed by atoms with Crippen LogP contribution in [0.5, 0.6) is 5.75 Å². The van der Waals surface area contributed by atoms with Crippen LogP contribution < -0.4 is 14.8 Å². The molecule has 1 aromatic heterocycles. The van der Waals surface area contributed by atoms with Crippen LogP contribution in [0.15, 0.2) is 36.0 Å². The van der Waals surface area contributed by atoms with Gasteiger partial charge in [-0.1, -0.05) is 12.1 Å². The van der Waals surface area contributed by atoms with Crippen LogP contribution in [0.25, 0.3) is 0 Å². The summed E-state index contributed by atoms with van der Waals surface area (Å²) in [4.78, 5) is 38.1. The molecule has 0 unspecified atom stereocenters. The Morgan fingerprint density at radius 2 is 1.72 bits per heavy atom. The SMILES string of the molecule is COC(=O)c1c2c(c(C)[n+]([O-])c1C)C(=O)C=C(NCc1ccc(OC)cc1)C2=O. The van der Waals surface area contributed by atoms with Gasteiger partial charge in [0.2, 0.25) is 17.2 Å². The fraction of sp³-hybridized carbons (Fsp3) is 0.238. The first-order valence-corrected chi connectivity index (χ1v) is 8.82. The van der Waals surface area contributed by atoms with E-state index in [1.807, 2.05) is 12.1 Å². The number of methoxy groups -OCH3 is 2. The first-order valence-electron chi connectivity index (χ1n) is 8.82. The summed E-state index contributed by atoms with van der Waals surface area (Å²) >= 11 is 0. The van der Waals surface area contributed by atoms with E-state index >= 15 is 0 Å². The van der Waals surface area contributed by atoms with Gasteiger partial charge in [0.25, 0.3) is 0 Å². The summed E-state index contributed by atoms with van der Waals surface area (Å²) in [6, 6.07) is 7.21. The number of hydrogen-bond acceptors (Lipinski definition) is 7. The van der Waals surface area contributed by atoms with Crippen molar-refractivity contribution in [3.63, 3.8) is 0 Å². The zero-order valence-corrected chi connectivity index (χ0v) is 16.5. The summed E-state index contributed by atoms with van der Waals surface area (Å²) in [7, 11) is 2.72. The predicted octanol–water partition coefficient (Wildman–Crippen LogP) is 1.78. The van der Waals surface area contributed by atoms with Crippen molar-refractivity contribution in [2.75, 3.05) is 14.2 Å². The number of aromatic nitrogens is 1. The second-order valence-electron chi connectivity index (χ2n) is 6.53. The van der Waals surface area contributed by atoms with Crippen molar-refractivity contribution >= 4 is 17.5 Å². The van der Waals surface area contributed by atoms with Crippen LogP contribution in [0.4, 0.5) is 0 Å². The Bertz CT molecular complexity index is 1050. The minimum Gasteiger partial charge on any atom is -0.618 e. The topological polar surface area (TPSA) is 109 Å². The molecule has 1 N–H and O–H groups in total. The third-order valence-corrected chi connectivity index (χ3v) is 4.86. The fourth-order valence-electron chi connectivity index (χ4n) is 3.30. The normalized spacial score (nSPS) is 12.9. The Labute approximate surface area is 167 Å². The van der Waals surface area contributed by atoms with Gasteiger partial charge in [0, 0.05) is 26.5 Å². The number of pyridine rings is 1. The number of nitrogens with zero attached hydrogens (tertiary/aromatic N) is 1. The highest BCUT2D eigenvalue weighted by atomic mass is 16.5. The molecule has 0 saturated carbocycles. The average Bonchev–Trinajstić information content (AvgIpc) is 2.73. The summed E-state index contributed by atoms with van der Waals surface area (Å²) in [5.41, 5.74) is 0.599. The van der Waals surface area contributed by atoms with Crippen LogP contribution in [-0.4, -0.2) is 31.8 Å². The van der Waals surface area contributed by atoms with E-state index in [0.29, 0.717) is 10.5 Å². The minimum atomic E-state index is -0.846. The molecule has 1 aromatic carbocycles. The third kappa shape index (κ3) is 3.44. The number of fused-ring (bicyclic) bond motifs is 1. The number of benzene rings is 1. The molecule has 0 spiro atoms. The molecule has 0 saturated heterocycles. The number of Topliss-reactive ketones (excluding diaryl/α,β-unsaturated/α-hetero) is 1. The molecule has 8 nitrogen and oxygen atoms in total. The van der Waals surface area contributed by atoms with Gasteiger partial charge in [-0.3, -0.25) is 9.59 Å². The van der Waals surface area contributed by atoms with Gasteiger partial charge in [0.05, 0.1) is 25.5 Å². The summed E-state index contributed by atoms with van der Waals surface area (Å²) in [5.74, 6) is -1.21. The zero-order valence-electron chi connectivity index (χ0n) is 16.5. The van der Waals surface area contributed by atoms with Crippen molar-refractivity contribution in [2.45, 2.75) is 20.4 Å². The highest BCUT2D eigenvalue weighted by Crippen LogP contribution is 2.27. The predicted molar refractivity (Wildman–Crippen MR) is 103 cm³/mol. The fourth-order valence-corrected chi connectivity index (χ4v) is 3.30. The molecular formula is C21H20N2O6. The van der Waals surface area contributed by atoms with E-state index in [4.69, 9.17) is 9.47 Å². The van der Waals surface area contributed by atoms with Crippen molar-refractivity contribution in [3.8, 4) is 5.75 Å². The van der Waals surface area contributed by atoms with Gasteiger partial charge < -0.3 is 20.0 Å². The van der Waals surface area contributed by atoms with Crippen molar-refractivity contribution in [3.05, 3.63) is 74.9 Å². The zero-order chi connectivity index (χ0) is 21.3. The van der Waals surface area contributed by atoms with Gasteiger partial charge >= 0.3 is 5.97 Å². The molecule has 8 heteroatoms. The van der Waals surface area contributed by atoms with E-state index in [1.54, 1.807) is 19.2 Å². The van der Waals surface area contributed by atoms with Crippen LogP contribution in [0, 0.1) is 19.1 Å². The van der Waals surface area contributed by atoms with E-state index in [9.17, 15) is 19.6 Å². The van der Waals surface area contributed by atoms with Gasteiger partial charge in [0.15, 0.2) is 5.78 Å². The van der Waals surface area contributed by atoms with E-state index in [1.165, 1.54) is 13.8 Å². The molecule has 150 valence electrons. The van der Waals surface area contributed by atoms with Crippen LogP contribution in [0.2, 0.25) is 0 Å². The number of esters is 1. The number of carbonyl (C=O) groups excluding carboxylic acids is 3. The summed E-state index contributed by atoms with van der Waals surface area (Å²) < 4.78 is 10.3. The Morgan fingerprint density at radius 3 is 2.31 bits per heavy atom. The summed E-state index contributed by atoms with van der Waals surface area (Å²) in [6.07, 6.45) is 1.15. The molecule has 0 atom stereocenters. The van der Waals surface area contributed by atoms with Gasteiger partial charge in [-0.2, -0.15) is 4.73 Å². The summed E-state index contributed by atoms with van der Waals surface area (Å²) in [6.45, 7) is 3.13. The van der Waals surface area contributed by atoms with Crippen LogP contribution in [0.1, 0.15) is 48.0 Å². The van der Waals surface area contributed by atoms with Crippen molar-refractivity contribution in [1.29, 1.82) is 0 Å². The molecule has 3 rings (SSSR count). The third-order valence-electron chi connectivity index (χ3n) is 4.86. The van der Waals surface area contributed by atoms with Crippen LogP contribution >= 0.6 is 0 Å². The largest absolute Gasteiger partial charge is 0.618 e. The second kappa shape index (κ2) is 7.75. The number of hydrogen-bond donors (Lipinski definition) is 1. The number of nitrogens with one attached hydrogen (secondary N) is 1. The molecule has 0 bridgehead atoms. The molecule has 2 aromatic rings. The first kappa shape index (κ1) is 20.1. The smallest absolute Gasteiger partial charge is 0.345 e. The molecule has 1 aliphatic carbocycles. The number of allylic oxidation sites excluding steroid dienone is 2. The van der Waals surface area contributed by atoms with Crippen LogP contribution in [-0.2, 0) is 11.3 Å². The Morgan fingerprint density at radius 1 is 1.07 bits per heavy atom. The summed E-state index contributed by atoms with van der Waals surface area (Å²) in [5, 5.41) is 15.3. The first-order chi connectivity index (χ1) is 13.8. The van der Waals surface area contributed by atoms with E-state index in [2.05, 4.69) is 5.32 Å². The molecule has 1 heterocycles. The molecule has 0 aliphatic heterocycles. The Hall–Kier alpha value is -3.68. The molecule has 0 fully saturated rings.